The van der Waals surface area contributed by atoms with Crippen LogP contribution in [-0.2, 0) is 9.59 Å². The lowest BCUT2D eigenvalue weighted by Gasteiger charge is -2.42. The minimum atomic E-state index is -0.500. The van der Waals surface area contributed by atoms with Crippen LogP contribution in [0.4, 0.5) is 11.4 Å². The molecule has 0 spiro atoms. The van der Waals surface area contributed by atoms with Crippen LogP contribution in [0.3, 0.4) is 0 Å². The van der Waals surface area contributed by atoms with Crippen molar-refractivity contribution < 1.29 is 14.5 Å². The van der Waals surface area contributed by atoms with Gasteiger partial charge in [-0.05, 0) is 49.0 Å². The van der Waals surface area contributed by atoms with Crippen molar-refractivity contribution in [2.24, 2.45) is 35.5 Å². The lowest BCUT2D eigenvalue weighted by Crippen LogP contribution is -2.43. The normalized spacial score (nSPS) is 40.1. The van der Waals surface area contributed by atoms with E-state index in [-0.39, 0.29) is 29.3 Å². The molecule has 1 aromatic rings. The summed E-state index contributed by atoms with van der Waals surface area (Å²) < 4.78 is 0. The van der Waals surface area contributed by atoms with Gasteiger partial charge in [-0.3, -0.25) is 19.7 Å². The van der Waals surface area contributed by atoms with Gasteiger partial charge in [-0.25, -0.2) is 4.90 Å². The molecule has 23 heavy (non-hydrogen) atoms. The van der Waals surface area contributed by atoms with Gasteiger partial charge in [0.15, 0.2) is 0 Å². The van der Waals surface area contributed by atoms with Crippen molar-refractivity contribution in [1.82, 2.24) is 0 Å². The number of non-ortho nitro benzene ring substituents is 1. The average molecular weight is 312 g/mol. The highest BCUT2D eigenvalue weighted by Gasteiger charge is 2.68. The Balaban J connectivity index is 1.56. The first-order chi connectivity index (χ1) is 11.1. The molecule has 6 unspecified atom stereocenters. The zero-order valence-corrected chi connectivity index (χ0v) is 12.4. The van der Waals surface area contributed by atoms with Gasteiger partial charge in [0.1, 0.15) is 0 Å². The number of amides is 2. The number of anilines is 1. The maximum Gasteiger partial charge on any atom is 0.271 e. The molecule has 2 amide bonds. The zero-order valence-electron chi connectivity index (χ0n) is 12.4. The van der Waals surface area contributed by atoms with E-state index in [4.69, 9.17) is 0 Å². The smallest absolute Gasteiger partial charge is 0.271 e. The molecule has 0 aromatic heterocycles. The number of nitro groups is 1. The van der Waals surface area contributed by atoms with E-state index in [0.29, 0.717) is 29.4 Å². The molecule has 6 rings (SSSR count). The lowest BCUT2D eigenvalue weighted by atomic mass is 9.59. The van der Waals surface area contributed by atoms with E-state index in [1.165, 1.54) is 29.5 Å². The molecule has 0 N–H and O–H groups in total. The number of hydrogen-bond acceptors (Lipinski definition) is 4. The fourth-order valence-corrected chi connectivity index (χ4v) is 5.54. The Kier molecular flexibility index (Phi) is 2.41. The van der Waals surface area contributed by atoms with Crippen LogP contribution < -0.4 is 4.90 Å². The Morgan fingerprint density at radius 3 is 2.17 bits per heavy atom. The molecular formula is C17H16N2O4. The summed E-state index contributed by atoms with van der Waals surface area (Å²) in [6.07, 6.45) is 3.28. The molecule has 2 bridgehead atoms. The van der Waals surface area contributed by atoms with Gasteiger partial charge in [-0.1, -0.05) is 6.07 Å². The van der Waals surface area contributed by atoms with Gasteiger partial charge < -0.3 is 0 Å². The van der Waals surface area contributed by atoms with Crippen LogP contribution in [0.2, 0.25) is 0 Å². The Morgan fingerprint density at radius 2 is 1.61 bits per heavy atom. The van der Waals surface area contributed by atoms with Gasteiger partial charge in [0, 0.05) is 12.1 Å². The Morgan fingerprint density at radius 1 is 1.00 bits per heavy atom. The fraction of sp³-hybridized carbons (Fsp3) is 0.529. The second kappa shape index (κ2) is 4.19. The molecule has 6 heteroatoms. The molecule has 4 aliphatic carbocycles. The van der Waals surface area contributed by atoms with Crippen LogP contribution in [0.1, 0.15) is 19.3 Å². The van der Waals surface area contributed by atoms with Crippen molar-refractivity contribution in [2.75, 3.05) is 4.90 Å². The van der Waals surface area contributed by atoms with E-state index < -0.39 is 4.92 Å². The SMILES string of the molecule is O=C1C2C3CCC(C4CC43)C2C(=O)N1c1cccc([N+](=O)[O-])c1. The van der Waals surface area contributed by atoms with Gasteiger partial charge in [0.2, 0.25) is 11.8 Å². The fourth-order valence-electron chi connectivity index (χ4n) is 5.54. The van der Waals surface area contributed by atoms with Gasteiger partial charge in [-0.15, -0.1) is 0 Å². The number of hydrogen-bond donors (Lipinski definition) is 0. The number of fused-ring (bicyclic) bond motifs is 1. The van der Waals surface area contributed by atoms with E-state index in [2.05, 4.69) is 0 Å². The molecule has 1 aromatic carbocycles. The number of carbonyl (C=O) groups is 2. The van der Waals surface area contributed by atoms with Crippen LogP contribution in [-0.4, -0.2) is 16.7 Å². The molecule has 6 nitrogen and oxygen atoms in total. The van der Waals surface area contributed by atoms with Gasteiger partial charge in [-0.2, -0.15) is 0 Å². The molecule has 1 aliphatic heterocycles. The van der Waals surface area contributed by atoms with E-state index in [9.17, 15) is 19.7 Å². The number of carbonyl (C=O) groups excluding carboxylic acids is 2. The molecule has 6 atom stereocenters. The number of nitro benzene ring substituents is 1. The number of rotatable bonds is 2. The quantitative estimate of drug-likeness (QED) is 0.477. The second-order valence-electron chi connectivity index (χ2n) is 7.31. The topological polar surface area (TPSA) is 80.5 Å². The maximum absolute atomic E-state index is 12.9. The van der Waals surface area contributed by atoms with Crippen LogP contribution in [0.15, 0.2) is 24.3 Å². The zero-order chi connectivity index (χ0) is 15.9. The van der Waals surface area contributed by atoms with Crippen LogP contribution in [0, 0.1) is 45.6 Å². The van der Waals surface area contributed by atoms with Crippen molar-refractivity contribution in [1.29, 1.82) is 0 Å². The lowest BCUT2D eigenvalue weighted by molar-refractivity contribution is -0.384. The largest absolute Gasteiger partial charge is 0.274 e. The molecule has 0 radical (unpaired) electrons. The predicted octanol–water partition coefficient (Wildman–Crippen LogP) is 2.38. The number of imide groups is 1. The first kappa shape index (κ1) is 13.2. The van der Waals surface area contributed by atoms with E-state index in [0.717, 1.165) is 12.8 Å². The third kappa shape index (κ3) is 1.58. The Bertz CT molecular complexity index is 727. The van der Waals surface area contributed by atoms with Crippen molar-refractivity contribution >= 4 is 23.2 Å². The van der Waals surface area contributed by atoms with E-state index in [1.54, 1.807) is 6.07 Å². The Hall–Kier alpha value is -2.24. The molecule has 5 aliphatic rings. The van der Waals surface area contributed by atoms with E-state index in [1.807, 2.05) is 0 Å². The van der Waals surface area contributed by atoms with Crippen LogP contribution >= 0.6 is 0 Å². The summed E-state index contributed by atoms with van der Waals surface area (Å²) in [5.41, 5.74) is 0.250. The van der Waals surface area contributed by atoms with Crippen LogP contribution in [0.5, 0.6) is 0 Å². The summed E-state index contributed by atoms with van der Waals surface area (Å²) in [6.45, 7) is 0. The molecular weight excluding hydrogens is 296 g/mol. The van der Waals surface area contributed by atoms with Crippen LogP contribution in [0.25, 0.3) is 0 Å². The van der Waals surface area contributed by atoms with Gasteiger partial charge >= 0.3 is 0 Å². The third-order valence-electron chi connectivity index (χ3n) is 6.44. The summed E-state index contributed by atoms with van der Waals surface area (Å²) in [5, 5.41) is 11.0. The molecule has 4 saturated carbocycles. The summed E-state index contributed by atoms with van der Waals surface area (Å²) in [7, 11) is 0. The van der Waals surface area contributed by atoms with Crippen molar-refractivity contribution in [3.8, 4) is 0 Å². The standard InChI is InChI=1S/C17H16N2O4/c20-16-14-10-4-5-11(13-7-12(10)13)15(14)17(21)18(16)8-2-1-3-9(6-8)19(22)23/h1-3,6,10-15H,4-5,7H2. The molecule has 118 valence electrons. The minimum Gasteiger partial charge on any atom is -0.274 e. The number of nitrogens with zero attached hydrogens (tertiary/aromatic N) is 2. The maximum atomic E-state index is 12.9. The summed E-state index contributed by atoms with van der Waals surface area (Å²) in [6, 6.07) is 5.85. The second-order valence-corrected chi connectivity index (χ2v) is 7.31. The summed E-state index contributed by atoms with van der Waals surface area (Å²) >= 11 is 0. The first-order valence-electron chi connectivity index (χ1n) is 8.20. The third-order valence-corrected chi connectivity index (χ3v) is 6.44. The molecule has 1 saturated heterocycles. The van der Waals surface area contributed by atoms with Gasteiger partial charge in [0.25, 0.3) is 5.69 Å². The highest BCUT2D eigenvalue weighted by molar-refractivity contribution is 6.22. The molecule has 5 fully saturated rings. The minimum absolute atomic E-state index is 0.0937. The van der Waals surface area contributed by atoms with Crippen molar-refractivity contribution in [3.05, 3.63) is 34.4 Å². The summed E-state index contributed by atoms with van der Waals surface area (Å²) in [4.78, 5) is 37.5. The Labute approximate surface area is 132 Å². The molecule has 1 heterocycles. The number of benzene rings is 1. The monoisotopic (exact) mass is 312 g/mol. The highest BCUT2D eigenvalue weighted by Crippen LogP contribution is 2.68. The van der Waals surface area contributed by atoms with E-state index >= 15 is 0 Å². The van der Waals surface area contributed by atoms with Gasteiger partial charge in [0.05, 0.1) is 22.4 Å². The van der Waals surface area contributed by atoms with Crippen molar-refractivity contribution in [3.63, 3.8) is 0 Å². The average Bonchev–Trinajstić information content (AvgIpc) is 3.32. The predicted molar refractivity (Wildman–Crippen MR) is 80.4 cm³/mol. The highest BCUT2D eigenvalue weighted by atomic mass is 16.6. The van der Waals surface area contributed by atoms with Crippen molar-refractivity contribution in [2.45, 2.75) is 19.3 Å². The summed E-state index contributed by atoms with van der Waals surface area (Å²) in [5.74, 6) is 1.30. The first-order valence-corrected chi connectivity index (χ1v) is 8.20.